The molecule has 1 amide bonds. The minimum atomic E-state index is -0.767. The molecule has 0 bridgehead atoms. The average Bonchev–Trinajstić information content (AvgIpc) is 3.41. The summed E-state index contributed by atoms with van der Waals surface area (Å²) in [7, 11) is 0. The van der Waals surface area contributed by atoms with Gasteiger partial charge in [0.05, 0.1) is 16.9 Å². The van der Waals surface area contributed by atoms with E-state index in [1.54, 1.807) is 22.9 Å². The van der Waals surface area contributed by atoms with E-state index >= 15 is 0 Å². The number of anilines is 1. The van der Waals surface area contributed by atoms with E-state index < -0.39 is 17.5 Å². The summed E-state index contributed by atoms with van der Waals surface area (Å²) in [6.07, 6.45) is 3.29. The van der Waals surface area contributed by atoms with Crippen molar-refractivity contribution in [1.29, 1.82) is 0 Å². The van der Waals surface area contributed by atoms with Gasteiger partial charge < -0.3 is 4.57 Å². The Kier molecular flexibility index (Phi) is 4.27. The first-order chi connectivity index (χ1) is 14.1. The summed E-state index contributed by atoms with van der Waals surface area (Å²) in [6.45, 7) is 0.784. The number of thiazole rings is 1. The molecule has 0 aliphatic carbocycles. The largest absolute Gasteiger partial charge is 0.307 e. The summed E-state index contributed by atoms with van der Waals surface area (Å²) in [5.74, 6) is -0.890. The number of aryl methyl sites for hydroxylation is 1. The zero-order chi connectivity index (χ0) is 20.0. The van der Waals surface area contributed by atoms with Gasteiger partial charge in [0, 0.05) is 25.2 Å². The number of benzene rings is 1. The first-order valence-electron chi connectivity index (χ1n) is 8.99. The number of pyridine rings is 1. The van der Waals surface area contributed by atoms with E-state index in [2.05, 4.69) is 20.2 Å². The zero-order valence-corrected chi connectivity index (χ0v) is 15.9. The highest BCUT2D eigenvalue weighted by atomic mass is 32.1. The Morgan fingerprint density at radius 2 is 2.14 bits per heavy atom. The highest BCUT2D eigenvalue weighted by molar-refractivity contribution is 7.22. The summed E-state index contributed by atoms with van der Waals surface area (Å²) in [5.41, 5.74) is 0.657. The molecule has 0 saturated heterocycles. The number of nitrogens with zero attached hydrogens (tertiary/aromatic N) is 6. The van der Waals surface area contributed by atoms with Crippen LogP contribution in [0.4, 0.5) is 13.9 Å². The molecule has 0 N–H and O–H groups in total. The van der Waals surface area contributed by atoms with Crippen molar-refractivity contribution in [3.63, 3.8) is 0 Å². The number of hydrogen-bond donors (Lipinski definition) is 0. The Morgan fingerprint density at radius 3 is 2.97 bits per heavy atom. The van der Waals surface area contributed by atoms with Gasteiger partial charge >= 0.3 is 0 Å². The van der Waals surface area contributed by atoms with Crippen molar-refractivity contribution in [3.8, 4) is 0 Å². The molecule has 1 aromatic carbocycles. The lowest BCUT2D eigenvalue weighted by atomic mass is 10.3. The van der Waals surface area contributed by atoms with Crippen LogP contribution in [0.2, 0.25) is 0 Å². The van der Waals surface area contributed by atoms with Crippen molar-refractivity contribution in [2.75, 3.05) is 4.90 Å². The topological polar surface area (TPSA) is 76.8 Å². The Labute approximate surface area is 167 Å². The van der Waals surface area contributed by atoms with Crippen molar-refractivity contribution in [2.24, 2.45) is 0 Å². The van der Waals surface area contributed by atoms with Gasteiger partial charge in [-0.05, 0) is 24.6 Å². The molecule has 0 radical (unpaired) electrons. The minimum Gasteiger partial charge on any atom is -0.307 e. The first-order valence-corrected chi connectivity index (χ1v) is 9.81. The molecule has 1 aliphatic rings. The van der Waals surface area contributed by atoms with Crippen LogP contribution in [-0.2, 0) is 19.5 Å². The molecule has 29 heavy (non-hydrogen) atoms. The number of rotatable bonds is 4. The van der Waals surface area contributed by atoms with Gasteiger partial charge in [-0.15, -0.1) is 10.2 Å². The van der Waals surface area contributed by atoms with Crippen LogP contribution in [0, 0.1) is 11.6 Å². The zero-order valence-electron chi connectivity index (χ0n) is 15.0. The van der Waals surface area contributed by atoms with Crippen molar-refractivity contribution >= 4 is 32.6 Å². The van der Waals surface area contributed by atoms with Crippen LogP contribution in [0.3, 0.4) is 0 Å². The highest BCUT2D eigenvalue weighted by Crippen LogP contribution is 2.32. The predicted molar refractivity (Wildman–Crippen MR) is 103 cm³/mol. The van der Waals surface area contributed by atoms with Gasteiger partial charge in [0.25, 0.3) is 5.91 Å². The SMILES string of the molecule is O=C(c1nnc2n1CCC2)N(Cc1ccccn1)c1nc2c(F)cc(F)cc2s1. The molecule has 0 saturated carbocycles. The molecule has 146 valence electrons. The maximum Gasteiger partial charge on any atom is 0.298 e. The summed E-state index contributed by atoms with van der Waals surface area (Å²) >= 11 is 1.04. The lowest BCUT2D eigenvalue weighted by Crippen LogP contribution is -2.33. The number of halogens is 2. The molecule has 0 spiro atoms. The van der Waals surface area contributed by atoms with Crippen molar-refractivity contribution in [2.45, 2.75) is 25.9 Å². The van der Waals surface area contributed by atoms with E-state index in [0.29, 0.717) is 16.9 Å². The Morgan fingerprint density at radius 1 is 1.24 bits per heavy atom. The number of fused-ring (bicyclic) bond motifs is 2. The van der Waals surface area contributed by atoms with Crippen LogP contribution >= 0.6 is 11.3 Å². The van der Waals surface area contributed by atoms with Crippen molar-refractivity contribution in [3.05, 3.63) is 65.5 Å². The van der Waals surface area contributed by atoms with Crippen LogP contribution in [0.1, 0.15) is 28.6 Å². The third-order valence-electron chi connectivity index (χ3n) is 4.72. The minimum absolute atomic E-state index is 0.0247. The Bertz CT molecular complexity index is 1220. The maximum absolute atomic E-state index is 14.2. The van der Waals surface area contributed by atoms with E-state index in [9.17, 15) is 13.6 Å². The molecule has 7 nitrogen and oxygen atoms in total. The second kappa shape index (κ2) is 6.96. The molecule has 4 aromatic rings. The fraction of sp³-hybridized carbons (Fsp3) is 0.211. The molecule has 5 rings (SSSR count). The van der Waals surface area contributed by atoms with E-state index in [0.717, 1.165) is 36.1 Å². The smallest absolute Gasteiger partial charge is 0.298 e. The summed E-state index contributed by atoms with van der Waals surface area (Å²) in [6, 6.07) is 7.35. The third-order valence-corrected chi connectivity index (χ3v) is 5.75. The molecule has 10 heteroatoms. The molecule has 1 aliphatic heterocycles. The number of hydrogen-bond acceptors (Lipinski definition) is 6. The van der Waals surface area contributed by atoms with E-state index in [1.165, 1.54) is 11.0 Å². The highest BCUT2D eigenvalue weighted by Gasteiger charge is 2.29. The van der Waals surface area contributed by atoms with Crippen molar-refractivity contribution < 1.29 is 13.6 Å². The predicted octanol–water partition coefficient (Wildman–Crippen LogP) is 3.35. The van der Waals surface area contributed by atoms with Gasteiger partial charge in [-0.2, -0.15) is 0 Å². The van der Waals surface area contributed by atoms with Crippen LogP contribution in [0.25, 0.3) is 10.2 Å². The molecule has 4 heterocycles. The van der Waals surface area contributed by atoms with Crippen LogP contribution in [0.15, 0.2) is 36.5 Å². The second-order valence-electron chi connectivity index (χ2n) is 6.64. The molecular weight excluding hydrogens is 398 g/mol. The second-order valence-corrected chi connectivity index (χ2v) is 7.65. The number of amides is 1. The molecule has 3 aromatic heterocycles. The van der Waals surface area contributed by atoms with Gasteiger partial charge in [-0.1, -0.05) is 17.4 Å². The summed E-state index contributed by atoms with van der Waals surface area (Å²) in [4.78, 5) is 23.3. The van der Waals surface area contributed by atoms with E-state index in [-0.39, 0.29) is 23.0 Å². The Hall–Kier alpha value is -3.27. The third kappa shape index (κ3) is 3.15. The van der Waals surface area contributed by atoms with Gasteiger partial charge in [-0.25, -0.2) is 13.8 Å². The normalized spacial score (nSPS) is 13.0. The van der Waals surface area contributed by atoms with Gasteiger partial charge in [0.15, 0.2) is 10.9 Å². The molecule has 0 fully saturated rings. The van der Waals surface area contributed by atoms with Gasteiger partial charge in [-0.3, -0.25) is 14.7 Å². The average molecular weight is 412 g/mol. The van der Waals surface area contributed by atoms with Gasteiger partial charge in [0.2, 0.25) is 5.82 Å². The maximum atomic E-state index is 14.2. The molecule has 0 unspecified atom stereocenters. The molecular formula is C19H14F2N6OS. The monoisotopic (exact) mass is 412 g/mol. The standard InChI is InChI=1S/C19H14F2N6OS/c20-11-8-13(21)16-14(9-11)29-19(23-16)27(10-12-4-1-2-6-22-12)18(28)17-25-24-15-5-3-7-26(15)17/h1-2,4,6,8-9H,3,5,7,10H2. The van der Waals surface area contributed by atoms with Crippen LogP contribution in [0.5, 0.6) is 0 Å². The quantitative estimate of drug-likeness (QED) is 0.514. The first kappa shape index (κ1) is 17.8. The Balaban J connectivity index is 1.60. The van der Waals surface area contributed by atoms with E-state index in [1.807, 2.05) is 6.07 Å². The van der Waals surface area contributed by atoms with Gasteiger partial charge in [0.1, 0.15) is 17.2 Å². The summed E-state index contributed by atoms with van der Waals surface area (Å²) < 4.78 is 29.9. The fourth-order valence-electron chi connectivity index (χ4n) is 3.37. The van der Waals surface area contributed by atoms with Crippen LogP contribution in [-0.4, -0.2) is 30.6 Å². The fourth-order valence-corrected chi connectivity index (χ4v) is 4.37. The van der Waals surface area contributed by atoms with Crippen LogP contribution < -0.4 is 4.90 Å². The number of aromatic nitrogens is 5. The lowest BCUT2D eigenvalue weighted by Gasteiger charge is -2.19. The number of carbonyl (C=O) groups excluding carboxylic acids is 1. The lowest BCUT2D eigenvalue weighted by molar-refractivity contribution is 0.0970. The van der Waals surface area contributed by atoms with E-state index in [4.69, 9.17) is 0 Å². The summed E-state index contributed by atoms with van der Waals surface area (Å²) in [5, 5.41) is 8.39. The molecule has 0 atom stereocenters. The number of carbonyl (C=O) groups is 1. The van der Waals surface area contributed by atoms with Crippen molar-refractivity contribution in [1.82, 2.24) is 24.7 Å².